The SMILES string of the molecule is C[C@@H](NC(=O)c1cn([C@]2(C3CC3)CCOC2)c(=O)cc1N[C@H]1[C@@H]2CN(C)C[C@@H]21)c1cccc(C(F)F)c1F. The molecule has 4 fully saturated rings. The molecule has 2 aromatic rings. The van der Waals surface area contributed by atoms with E-state index in [0.29, 0.717) is 43.1 Å². The first-order valence-electron chi connectivity index (χ1n) is 13.4. The number of nitrogens with one attached hydrogen (secondary N) is 2. The summed E-state index contributed by atoms with van der Waals surface area (Å²) in [4.78, 5) is 29.4. The molecule has 3 heterocycles. The van der Waals surface area contributed by atoms with Crippen molar-refractivity contribution >= 4 is 11.6 Å². The molecule has 204 valence electrons. The summed E-state index contributed by atoms with van der Waals surface area (Å²) >= 11 is 0. The summed E-state index contributed by atoms with van der Waals surface area (Å²) in [5, 5.41) is 6.23. The number of halogens is 3. The average molecular weight is 531 g/mol. The first kappa shape index (κ1) is 25.4. The number of fused-ring (bicyclic) bond motifs is 1. The first-order valence-corrected chi connectivity index (χ1v) is 13.4. The second-order valence-corrected chi connectivity index (χ2v) is 11.5. The van der Waals surface area contributed by atoms with Gasteiger partial charge >= 0.3 is 0 Å². The first-order chi connectivity index (χ1) is 18.2. The lowest BCUT2D eigenvalue weighted by Gasteiger charge is -2.31. The number of alkyl halides is 2. The minimum atomic E-state index is -2.96. The van der Waals surface area contributed by atoms with Crippen LogP contribution in [0, 0.1) is 23.6 Å². The Bertz CT molecular complexity index is 1290. The molecule has 4 aliphatic rings. The predicted molar refractivity (Wildman–Crippen MR) is 136 cm³/mol. The number of hydrogen-bond donors (Lipinski definition) is 2. The number of piperidine rings is 1. The van der Waals surface area contributed by atoms with Gasteiger partial charge in [-0.3, -0.25) is 9.59 Å². The van der Waals surface area contributed by atoms with Gasteiger partial charge in [0.25, 0.3) is 17.9 Å². The number of pyridine rings is 1. The summed E-state index contributed by atoms with van der Waals surface area (Å²) in [6.07, 6.45) is 1.38. The van der Waals surface area contributed by atoms with E-state index in [2.05, 4.69) is 22.6 Å². The van der Waals surface area contributed by atoms with Crippen molar-refractivity contribution in [2.75, 3.05) is 38.7 Å². The third kappa shape index (κ3) is 4.31. The fourth-order valence-electron chi connectivity index (χ4n) is 6.64. The summed E-state index contributed by atoms with van der Waals surface area (Å²) in [5.74, 6) is -0.275. The van der Waals surface area contributed by atoms with Gasteiger partial charge in [-0.15, -0.1) is 0 Å². The van der Waals surface area contributed by atoms with Crippen molar-refractivity contribution < 1.29 is 22.7 Å². The number of ether oxygens (including phenoxy) is 1. The average Bonchev–Trinajstić information content (AvgIpc) is 3.72. The Kier molecular flexibility index (Phi) is 6.30. The van der Waals surface area contributed by atoms with E-state index in [1.807, 2.05) is 0 Å². The second kappa shape index (κ2) is 9.41. The van der Waals surface area contributed by atoms with E-state index >= 15 is 0 Å². The van der Waals surface area contributed by atoms with Crippen LogP contribution < -0.4 is 16.2 Å². The molecule has 1 aromatic carbocycles. The monoisotopic (exact) mass is 530 g/mol. The number of likely N-dealkylation sites (tertiary alicyclic amines) is 1. The fourth-order valence-corrected chi connectivity index (χ4v) is 6.64. The maximum atomic E-state index is 14.8. The molecule has 0 unspecified atom stereocenters. The summed E-state index contributed by atoms with van der Waals surface area (Å²) in [6.45, 7) is 4.46. The Balaban J connectivity index is 1.33. The molecule has 2 aliphatic carbocycles. The highest BCUT2D eigenvalue weighted by Crippen LogP contribution is 2.49. The molecule has 2 aliphatic heterocycles. The zero-order chi connectivity index (χ0) is 26.8. The van der Waals surface area contributed by atoms with Gasteiger partial charge in [0.1, 0.15) is 5.82 Å². The number of carbonyl (C=O) groups excluding carboxylic acids is 1. The van der Waals surface area contributed by atoms with Gasteiger partial charge in [-0.25, -0.2) is 13.2 Å². The third-order valence-electron chi connectivity index (χ3n) is 8.95. The van der Waals surface area contributed by atoms with Crippen LogP contribution >= 0.6 is 0 Å². The van der Waals surface area contributed by atoms with E-state index in [1.165, 1.54) is 18.2 Å². The van der Waals surface area contributed by atoms with Crippen molar-refractivity contribution in [3.8, 4) is 0 Å². The van der Waals surface area contributed by atoms with Gasteiger partial charge in [0.15, 0.2) is 0 Å². The number of hydrogen-bond acceptors (Lipinski definition) is 5. The Morgan fingerprint density at radius 3 is 2.53 bits per heavy atom. The van der Waals surface area contributed by atoms with Gasteiger partial charge in [0.2, 0.25) is 0 Å². The van der Waals surface area contributed by atoms with E-state index in [9.17, 15) is 22.8 Å². The molecule has 5 atom stereocenters. The van der Waals surface area contributed by atoms with E-state index in [-0.39, 0.29) is 22.7 Å². The smallest absolute Gasteiger partial charge is 0.266 e. The molecule has 0 spiro atoms. The van der Waals surface area contributed by atoms with Crippen molar-refractivity contribution in [1.82, 2.24) is 14.8 Å². The van der Waals surface area contributed by atoms with E-state index in [4.69, 9.17) is 4.74 Å². The molecular formula is C28H33F3N4O3. The minimum absolute atomic E-state index is 0.0163. The Morgan fingerprint density at radius 2 is 1.89 bits per heavy atom. The quantitative estimate of drug-likeness (QED) is 0.542. The second-order valence-electron chi connectivity index (χ2n) is 11.5. The normalized spacial score (nSPS) is 29.4. The lowest BCUT2D eigenvalue weighted by molar-refractivity contribution is 0.0937. The van der Waals surface area contributed by atoms with Gasteiger partial charge in [0.05, 0.1) is 35.0 Å². The molecule has 38 heavy (non-hydrogen) atoms. The molecule has 2 saturated heterocycles. The number of rotatable bonds is 8. The standard InChI is InChI=1S/C28H33F3N4O3/c1-15(17-4-3-5-18(24(17)29)26(30)31)32-27(37)21-13-35(28(16-6-7-16)8-9-38-14-28)23(36)10-22(21)33-25-19-11-34(2)12-20(19)25/h3-5,10,13,15-16,19-20,25-26,33H,6-9,11-12,14H2,1-2H3,(H,32,37)/t15-,19-,20+,25+,28-/m1/s1. The van der Waals surface area contributed by atoms with Crippen LogP contribution in [0.3, 0.4) is 0 Å². The van der Waals surface area contributed by atoms with Crippen LogP contribution in [-0.2, 0) is 10.3 Å². The summed E-state index contributed by atoms with van der Waals surface area (Å²) < 4.78 is 48.7. The van der Waals surface area contributed by atoms with Crippen LogP contribution in [0.5, 0.6) is 0 Å². The number of anilines is 1. The molecule has 1 aromatic heterocycles. The minimum Gasteiger partial charge on any atom is -0.381 e. The van der Waals surface area contributed by atoms with Crippen LogP contribution in [0.4, 0.5) is 18.9 Å². The Hall–Kier alpha value is -2.85. The lowest BCUT2D eigenvalue weighted by Crippen LogP contribution is -2.44. The Labute approximate surface area is 219 Å². The predicted octanol–water partition coefficient (Wildman–Crippen LogP) is 3.91. The van der Waals surface area contributed by atoms with Gasteiger partial charge in [-0.2, -0.15) is 0 Å². The largest absolute Gasteiger partial charge is 0.381 e. The number of nitrogens with zero attached hydrogens (tertiary/aromatic N) is 2. The highest BCUT2D eigenvalue weighted by Gasteiger charge is 2.55. The topological polar surface area (TPSA) is 75.6 Å². The van der Waals surface area contributed by atoms with Crippen LogP contribution in [0.15, 0.2) is 35.3 Å². The van der Waals surface area contributed by atoms with Gasteiger partial charge in [-0.1, -0.05) is 18.2 Å². The number of carbonyl (C=O) groups is 1. The summed E-state index contributed by atoms with van der Waals surface area (Å²) in [5.41, 5.74) is -0.646. The maximum Gasteiger partial charge on any atom is 0.266 e. The number of benzene rings is 1. The number of aromatic nitrogens is 1. The zero-order valence-corrected chi connectivity index (χ0v) is 21.6. The molecule has 0 bridgehead atoms. The van der Waals surface area contributed by atoms with E-state index < -0.39 is 35.3 Å². The van der Waals surface area contributed by atoms with Crippen LogP contribution in [0.25, 0.3) is 0 Å². The maximum absolute atomic E-state index is 14.8. The highest BCUT2D eigenvalue weighted by molar-refractivity contribution is 5.99. The molecule has 2 saturated carbocycles. The van der Waals surface area contributed by atoms with Crippen molar-refractivity contribution in [2.24, 2.45) is 17.8 Å². The molecular weight excluding hydrogens is 497 g/mol. The molecule has 10 heteroatoms. The number of amides is 1. The van der Waals surface area contributed by atoms with E-state index in [0.717, 1.165) is 32.0 Å². The van der Waals surface area contributed by atoms with Crippen LogP contribution in [0.2, 0.25) is 0 Å². The van der Waals surface area contributed by atoms with E-state index in [1.54, 1.807) is 17.7 Å². The van der Waals surface area contributed by atoms with Crippen LogP contribution in [-0.4, -0.2) is 54.8 Å². The fraction of sp³-hybridized carbons (Fsp3) is 0.571. The Morgan fingerprint density at radius 1 is 1.18 bits per heavy atom. The van der Waals surface area contributed by atoms with Crippen molar-refractivity contribution in [1.29, 1.82) is 0 Å². The van der Waals surface area contributed by atoms with Gasteiger partial charge < -0.3 is 24.8 Å². The summed E-state index contributed by atoms with van der Waals surface area (Å²) in [6, 6.07) is 4.61. The molecule has 0 radical (unpaired) electrons. The lowest BCUT2D eigenvalue weighted by atomic mass is 9.91. The van der Waals surface area contributed by atoms with Gasteiger partial charge in [-0.05, 0) is 51.0 Å². The third-order valence-corrected chi connectivity index (χ3v) is 8.95. The van der Waals surface area contributed by atoms with Gasteiger partial charge in [0, 0.05) is 43.6 Å². The molecule has 7 nitrogen and oxygen atoms in total. The van der Waals surface area contributed by atoms with Crippen molar-refractivity contribution in [3.05, 3.63) is 63.3 Å². The van der Waals surface area contributed by atoms with Crippen LogP contribution in [0.1, 0.15) is 60.1 Å². The summed E-state index contributed by atoms with van der Waals surface area (Å²) in [7, 11) is 2.08. The molecule has 2 N–H and O–H groups in total. The highest BCUT2D eigenvalue weighted by atomic mass is 19.3. The van der Waals surface area contributed by atoms with Crippen molar-refractivity contribution in [2.45, 2.75) is 50.2 Å². The molecule has 6 rings (SSSR count). The molecule has 1 amide bonds. The zero-order valence-electron chi connectivity index (χ0n) is 21.6. The van der Waals surface area contributed by atoms with Crippen molar-refractivity contribution in [3.63, 3.8) is 0 Å².